The van der Waals surface area contributed by atoms with Crippen LogP contribution in [-0.2, 0) is 5.41 Å². The third-order valence-corrected chi connectivity index (χ3v) is 12.2. The molecule has 8 aromatic carbocycles. The predicted molar refractivity (Wildman–Crippen MR) is 204 cm³/mol. The van der Waals surface area contributed by atoms with E-state index in [9.17, 15) is 0 Å². The van der Waals surface area contributed by atoms with Crippen LogP contribution >= 0.6 is 11.3 Å². The maximum atomic E-state index is 2.57. The zero-order chi connectivity index (χ0) is 31.0. The van der Waals surface area contributed by atoms with Crippen molar-refractivity contribution >= 4 is 85.6 Å². The first-order valence-corrected chi connectivity index (χ1v) is 17.3. The van der Waals surface area contributed by atoms with Gasteiger partial charge in [0.1, 0.15) is 0 Å². The minimum atomic E-state index is -0.0616. The van der Waals surface area contributed by atoms with Crippen LogP contribution in [0.5, 0.6) is 0 Å². The Balaban J connectivity index is 1.36. The SMILES string of the molecule is CC1(C)c2ccccc2-c2cc3c4ccccc4c4c(ccc5c6ccccc6n(-c6cccc7c6sc6ccccc67)c54)c3cc21. The first-order valence-electron chi connectivity index (χ1n) is 16.4. The Hall–Kier alpha value is -5.44. The highest BCUT2D eigenvalue weighted by atomic mass is 32.1. The molecule has 47 heavy (non-hydrogen) atoms. The molecule has 0 amide bonds. The number of para-hydroxylation sites is 1. The maximum absolute atomic E-state index is 2.57. The smallest absolute Gasteiger partial charge is 0.0641 e. The zero-order valence-corrected chi connectivity index (χ0v) is 27.0. The van der Waals surface area contributed by atoms with Crippen molar-refractivity contribution in [3.63, 3.8) is 0 Å². The fourth-order valence-corrected chi connectivity index (χ4v) is 10.0. The van der Waals surface area contributed by atoms with Gasteiger partial charge in [0.25, 0.3) is 0 Å². The van der Waals surface area contributed by atoms with Crippen molar-refractivity contribution < 1.29 is 0 Å². The van der Waals surface area contributed by atoms with Gasteiger partial charge in [-0.05, 0) is 79.5 Å². The number of benzene rings is 8. The largest absolute Gasteiger partial charge is 0.307 e. The lowest BCUT2D eigenvalue weighted by Crippen LogP contribution is -2.14. The van der Waals surface area contributed by atoms with Crippen LogP contribution in [0.1, 0.15) is 25.0 Å². The number of fused-ring (bicyclic) bond motifs is 16. The summed E-state index contributed by atoms with van der Waals surface area (Å²) in [5.41, 5.74) is 9.28. The Morgan fingerprint density at radius 2 is 1.13 bits per heavy atom. The van der Waals surface area contributed by atoms with Gasteiger partial charge in [-0.1, -0.05) is 123 Å². The molecule has 0 fully saturated rings. The van der Waals surface area contributed by atoms with Crippen LogP contribution in [0.25, 0.3) is 91.1 Å². The Bertz CT molecular complexity index is 2990. The highest BCUT2D eigenvalue weighted by Crippen LogP contribution is 2.52. The van der Waals surface area contributed by atoms with Crippen LogP contribution in [0.3, 0.4) is 0 Å². The molecule has 2 heterocycles. The molecule has 1 aliphatic carbocycles. The molecule has 220 valence electrons. The minimum absolute atomic E-state index is 0.0616. The summed E-state index contributed by atoms with van der Waals surface area (Å²) in [6.45, 7) is 4.77. The number of hydrogen-bond acceptors (Lipinski definition) is 1. The fourth-order valence-electron chi connectivity index (χ4n) is 8.84. The molecule has 0 atom stereocenters. The normalized spacial score (nSPS) is 13.9. The molecule has 1 aliphatic rings. The van der Waals surface area contributed by atoms with Gasteiger partial charge >= 0.3 is 0 Å². The van der Waals surface area contributed by atoms with Gasteiger partial charge in [-0.3, -0.25) is 0 Å². The zero-order valence-electron chi connectivity index (χ0n) is 26.1. The summed E-state index contributed by atoms with van der Waals surface area (Å²) < 4.78 is 5.22. The quantitative estimate of drug-likeness (QED) is 0.162. The second-order valence-corrected chi connectivity index (χ2v) is 14.7. The molecule has 0 saturated heterocycles. The van der Waals surface area contributed by atoms with Gasteiger partial charge in [-0.15, -0.1) is 11.3 Å². The van der Waals surface area contributed by atoms with E-state index in [2.05, 4.69) is 158 Å². The van der Waals surface area contributed by atoms with Crippen molar-refractivity contribution in [3.05, 3.63) is 151 Å². The van der Waals surface area contributed by atoms with Crippen LogP contribution in [-0.4, -0.2) is 4.57 Å². The Kier molecular flexibility index (Phi) is 4.86. The second-order valence-electron chi connectivity index (χ2n) is 13.6. The molecule has 11 rings (SSSR count). The summed E-state index contributed by atoms with van der Waals surface area (Å²) in [7, 11) is 0. The summed E-state index contributed by atoms with van der Waals surface area (Å²) in [5.74, 6) is 0. The average molecular weight is 616 g/mol. The molecule has 0 aliphatic heterocycles. The van der Waals surface area contributed by atoms with Gasteiger partial charge in [-0.2, -0.15) is 0 Å². The van der Waals surface area contributed by atoms with E-state index in [1.807, 2.05) is 11.3 Å². The summed E-state index contributed by atoms with van der Waals surface area (Å²) in [5, 5.41) is 13.1. The molecule has 10 aromatic rings. The van der Waals surface area contributed by atoms with Gasteiger partial charge in [0, 0.05) is 37.0 Å². The van der Waals surface area contributed by atoms with Crippen LogP contribution in [0.2, 0.25) is 0 Å². The van der Waals surface area contributed by atoms with Crippen molar-refractivity contribution in [2.45, 2.75) is 19.3 Å². The van der Waals surface area contributed by atoms with Crippen molar-refractivity contribution in [2.24, 2.45) is 0 Å². The lowest BCUT2D eigenvalue weighted by Gasteiger charge is -2.22. The number of rotatable bonds is 1. The second kappa shape index (κ2) is 8.88. The third kappa shape index (κ3) is 3.19. The molecule has 0 bridgehead atoms. The summed E-state index contributed by atoms with van der Waals surface area (Å²) >= 11 is 1.90. The van der Waals surface area contributed by atoms with E-state index in [1.165, 1.54) is 102 Å². The molecular formula is C45H29NS. The molecular weight excluding hydrogens is 587 g/mol. The number of nitrogens with zero attached hydrogens (tertiary/aromatic N) is 1. The Labute approximate surface area is 275 Å². The first kappa shape index (κ1) is 25.7. The van der Waals surface area contributed by atoms with Crippen molar-refractivity contribution in [1.82, 2.24) is 4.57 Å². The highest BCUT2D eigenvalue weighted by molar-refractivity contribution is 7.26. The van der Waals surface area contributed by atoms with Gasteiger partial charge in [0.15, 0.2) is 0 Å². The minimum Gasteiger partial charge on any atom is -0.307 e. The van der Waals surface area contributed by atoms with Crippen molar-refractivity contribution in [2.75, 3.05) is 0 Å². The fraction of sp³-hybridized carbons (Fsp3) is 0.0667. The third-order valence-electron chi connectivity index (χ3n) is 11.0. The van der Waals surface area contributed by atoms with Gasteiger partial charge < -0.3 is 4.57 Å². The molecule has 0 radical (unpaired) electrons. The van der Waals surface area contributed by atoms with Crippen molar-refractivity contribution in [1.29, 1.82) is 0 Å². The molecule has 2 aromatic heterocycles. The molecule has 0 N–H and O–H groups in total. The lowest BCUT2D eigenvalue weighted by molar-refractivity contribution is 0.661. The van der Waals surface area contributed by atoms with E-state index in [0.29, 0.717) is 0 Å². The van der Waals surface area contributed by atoms with E-state index in [1.54, 1.807) is 0 Å². The topological polar surface area (TPSA) is 4.93 Å². The molecule has 2 heteroatoms. The van der Waals surface area contributed by atoms with Gasteiger partial charge in [0.2, 0.25) is 0 Å². The summed E-state index contributed by atoms with van der Waals surface area (Å²) in [6, 6.07) is 52.4. The average Bonchev–Trinajstić information content (AvgIpc) is 3.73. The Morgan fingerprint density at radius 1 is 0.468 bits per heavy atom. The van der Waals surface area contributed by atoms with Crippen LogP contribution in [0.4, 0.5) is 0 Å². The van der Waals surface area contributed by atoms with Gasteiger partial charge in [0.05, 0.1) is 21.4 Å². The van der Waals surface area contributed by atoms with E-state index >= 15 is 0 Å². The molecule has 0 unspecified atom stereocenters. The predicted octanol–water partition coefficient (Wildman–Crippen LogP) is 12.9. The number of aromatic nitrogens is 1. The van der Waals surface area contributed by atoms with E-state index in [4.69, 9.17) is 0 Å². The first-order chi connectivity index (χ1) is 23.1. The number of hydrogen-bond donors (Lipinski definition) is 0. The monoisotopic (exact) mass is 615 g/mol. The summed E-state index contributed by atoms with van der Waals surface area (Å²) in [6.07, 6.45) is 0. The van der Waals surface area contributed by atoms with Crippen molar-refractivity contribution in [3.8, 4) is 16.8 Å². The lowest BCUT2D eigenvalue weighted by atomic mass is 9.81. The van der Waals surface area contributed by atoms with Crippen LogP contribution < -0.4 is 0 Å². The highest BCUT2D eigenvalue weighted by Gasteiger charge is 2.36. The molecule has 1 nitrogen and oxygen atoms in total. The van der Waals surface area contributed by atoms with Gasteiger partial charge in [-0.25, -0.2) is 0 Å². The standard InChI is InChI=1S/C45H29NS/c1-45(2)37-18-8-5-13-27(37)36-24-34-26-12-3-4-16-30(26)42-31(35(34)25-38(36)45)22-23-32-28-14-6-9-19-39(28)46(43(32)42)40-20-11-17-33-29-15-7-10-21-41(29)47-44(33)40/h3-25H,1-2H3. The number of thiophene rings is 1. The molecule has 0 spiro atoms. The van der Waals surface area contributed by atoms with E-state index < -0.39 is 0 Å². The van der Waals surface area contributed by atoms with E-state index in [-0.39, 0.29) is 5.41 Å². The molecule has 0 saturated carbocycles. The Morgan fingerprint density at radius 3 is 2.02 bits per heavy atom. The van der Waals surface area contributed by atoms with E-state index in [0.717, 1.165) is 0 Å². The van der Waals surface area contributed by atoms with Crippen LogP contribution in [0.15, 0.2) is 140 Å². The maximum Gasteiger partial charge on any atom is 0.0641 e. The summed E-state index contributed by atoms with van der Waals surface area (Å²) in [4.78, 5) is 0. The van der Waals surface area contributed by atoms with Crippen LogP contribution in [0, 0.1) is 0 Å².